The van der Waals surface area contributed by atoms with Gasteiger partial charge < -0.3 is 5.11 Å². The van der Waals surface area contributed by atoms with E-state index in [2.05, 4.69) is 0 Å². The predicted octanol–water partition coefficient (Wildman–Crippen LogP) is 3.30. The summed E-state index contributed by atoms with van der Waals surface area (Å²) in [4.78, 5) is 11.1. The van der Waals surface area contributed by atoms with Crippen molar-refractivity contribution in [2.45, 2.75) is 6.42 Å². The molecule has 0 bridgehead atoms. The minimum Gasteiger partial charge on any atom is -0.481 e. The molecule has 0 aromatic heterocycles. The molecule has 82 valence electrons. The molecule has 1 unspecified atom stereocenters. The Kier molecular flexibility index (Phi) is 3.11. The molecular weight excluding hydrogens is 224 g/mol. The van der Waals surface area contributed by atoms with Crippen LogP contribution in [0.3, 0.4) is 0 Å². The van der Waals surface area contributed by atoms with Crippen molar-refractivity contribution in [1.82, 2.24) is 0 Å². The summed E-state index contributed by atoms with van der Waals surface area (Å²) < 4.78 is 0. The Morgan fingerprint density at radius 1 is 1.31 bits per heavy atom. The third kappa shape index (κ3) is 2.17. The number of hydrogen-bond donors (Lipinski definition) is 1. The summed E-state index contributed by atoms with van der Waals surface area (Å²) in [6.45, 7) is 0. The molecule has 1 aliphatic carbocycles. The van der Waals surface area contributed by atoms with Gasteiger partial charge in [-0.05, 0) is 23.6 Å². The minimum atomic E-state index is -0.810. The number of rotatable bonds is 2. The first-order valence-corrected chi connectivity index (χ1v) is 5.42. The van der Waals surface area contributed by atoms with E-state index in [9.17, 15) is 4.79 Å². The van der Waals surface area contributed by atoms with Crippen molar-refractivity contribution < 1.29 is 9.90 Å². The summed E-state index contributed by atoms with van der Waals surface area (Å²) in [5.74, 6) is -1.31. The number of carboxylic acid groups (broad SMARTS) is 1. The zero-order valence-electron chi connectivity index (χ0n) is 8.56. The van der Waals surface area contributed by atoms with Crippen LogP contribution in [0.1, 0.15) is 12.0 Å². The zero-order valence-corrected chi connectivity index (χ0v) is 9.32. The van der Waals surface area contributed by atoms with Gasteiger partial charge in [-0.3, -0.25) is 4.79 Å². The second kappa shape index (κ2) is 4.54. The maximum Gasteiger partial charge on any atom is 0.311 e. The Morgan fingerprint density at radius 2 is 2.00 bits per heavy atom. The molecule has 0 heterocycles. The quantitative estimate of drug-likeness (QED) is 0.853. The normalized spacial score (nSPS) is 19.9. The third-order valence-electron chi connectivity index (χ3n) is 2.62. The van der Waals surface area contributed by atoms with Crippen molar-refractivity contribution in [3.8, 4) is 0 Å². The van der Waals surface area contributed by atoms with Crippen molar-refractivity contribution in [2.75, 3.05) is 0 Å². The maximum absolute atomic E-state index is 11.1. The minimum absolute atomic E-state index is 0.453. The van der Waals surface area contributed by atoms with Crippen molar-refractivity contribution >= 4 is 23.1 Å². The predicted molar refractivity (Wildman–Crippen MR) is 64.1 cm³/mol. The topological polar surface area (TPSA) is 37.3 Å². The van der Waals surface area contributed by atoms with Crippen LogP contribution in [0.5, 0.6) is 0 Å². The highest BCUT2D eigenvalue weighted by atomic mass is 35.5. The maximum atomic E-state index is 11.1. The average Bonchev–Trinajstić information content (AvgIpc) is 2.29. The van der Waals surface area contributed by atoms with Crippen LogP contribution in [0.2, 0.25) is 0 Å². The summed E-state index contributed by atoms with van der Waals surface area (Å²) in [7, 11) is 0. The average molecular weight is 235 g/mol. The van der Waals surface area contributed by atoms with Crippen LogP contribution in [0, 0.1) is 5.92 Å². The molecule has 3 heteroatoms. The molecule has 16 heavy (non-hydrogen) atoms. The smallest absolute Gasteiger partial charge is 0.311 e. The lowest BCUT2D eigenvalue weighted by Gasteiger charge is -2.19. The molecule has 0 spiro atoms. The second-order valence-corrected chi connectivity index (χ2v) is 4.12. The van der Waals surface area contributed by atoms with E-state index in [1.54, 1.807) is 12.2 Å². The molecule has 1 aromatic carbocycles. The van der Waals surface area contributed by atoms with Crippen molar-refractivity contribution in [3.05, 3.63) is 53.1 Å². The first-order chi connectivity index (χ1) is 7.68. The van der Waals surface area contributed by atoms with Gasteiger partial charge in [-0.1, -0.05) is 48.0 Å². The van der Waals surface area contributed by atoms with Gasteiger partial charge in [0.1, 0.15) is 0 Å². The SMILES string of the molecule is O=C(O)C1CC=C(Cl)C=C1c1ccccc1. The molecule has 2 rings (SSSR count). The largest absolute Gasteiger partial charge is 0.481 e. The molecule has 1 atom stereocenters. The first kappa shape index (κ1) is 11.0. The summed E-state index contributed by atoms with van der Waals surface area (Å²) in [6, 6.07) is 9.48. The lowest BCUT2D eigenvalue weighted by atomic mass is 9.87. The standard InChI is InChI=1S/C13H11ClO2/c14-10-6-7-11(13(15)16)12(8-10)9-4-2-1-3-5-9/h1-6,8,11H,7H2,(H,15,16). The number of benzene rings is 1. The van der Waals surface area contributed by atoms with E-state index in [0.29, 0.717) is 11.5 Å². The summed E-state index contributed by atoms with van der Waals surface area (Å²) in [5.41, 5.74) is 1.70. The molecule has 1 N–H and O–H groups in total. The fourth-order valence-electron chi connectivity index (χ4n) is 1.81. The van der Waals surface area contributed by atoms with Gasteiger partial charge in [0.2, 0.25) is 0 Å². The fraction of sp³-hybridized carbons (Fsp3) is 0.154. The highest BCUT2D eigenvalue weighted by Crippen LogP contribution is 2.33. The second-order valence-electron chi connectivity index (χ2n) is 3.68. The van der Waals surface area contributed by atoms with Gasteiger partial charge in [0.25, 0.3) is 0 Å². The summed E-state index contributed by atoms with van der Waals surface area (Å²) in [5, 5.41) is 9.75. The van der Waals surface area contributed by atoms with Gasteiger partial charge in [0, 0.05) is 5.03 Å². The van der Waals surface area contributed by atoms with Crippen LogP contribution in [-0.4, -0.2) is 11.1 Å². The summed E-state index contributed by atoms with van der Waals surface area (Å²) in [6.07, 6.45) is 3.93. The molecule has 0 saturated heterocycles. The van der Waals surface area contributed by atoms with Gasteiger partial charge >= 0.3 is 5.97 Å². The molecule has 0 amide bonds. The molecule has 0 aliphatic heterocycles. The van der Waals surface area contributed by atoms with E-state index >= 15 is 0 Å². The van der Waals surface area contributed by atoms with Crippen molar-refractivity contribution in [3.63, 3.8) is 0 Å². The van der Waals surface area contributed by atoms with E-state index < -0.39 is 11.9 Å². The molecule has 1 aliphatic rings. The molecule has 1 aromatic rings. The van der Waals surface area contributed by atoms with E-state index in [-0.39, 0.29) is 0 Å². The lowest BCUT2D eigenvalue weighted by molar-refractivity contribution is -0.139. The number of carboxylic acids is 1. The van der Waals surface area contributed by atoms with Gasteiger partial charge in [-0.15, -0.1) is 0 Å². The number of aliphatic carboxylic acids is 1. The van der Waals surface area contributed by atoms with E-state index in [0.717, 1.165) is 11.1 Å². The van der Waals surface area contributed by atoms with Crippen LogP contribution in [-0.2, 0) is 4.79 Å². The Bertz CT molecular complexity index is 460. The Labute approximate surface area is 98.9 Å². The number of halogens is 1. The highest BCUT2D eigenvalue weighted by molar-refractivity contribution is 6.32. The zero-order chi connectivity index (χ0) is 11.5. The Hall–Kier alpha value is -1.54. The molecule has 2 nitrogen and oxygen atoms in total. The van der Waals surface area contributed by atoms with Gasteiger partial charge in [-0.25, -0.2) is 0 Å². The third-order valence-corrected chi connectivity index (χ3v) is 2.89. The van der Waals surface area contributed by atoms with Gasteiger partial charge in [-0.2, -0.15) is 0 Å². The van der Waals surface area contributed by atoms with Crippen LogP contribution < -0.4 is 0 Å². The van der Waals surface area contributed by atoms with Crippen molar-refractivity contribution in [1.29, 1.82) is 0 Å². The number of allylic oxidation sites excluding steroid dienone is 3. The lowest BCUT2D eigenvalue weighted by Crippen LogP contribution is -2.16. The van der Waals surface area contributed by atoms with Crippen LogP contribution in [0.15, 0.2) is 47.5 Å². The van der Waals surface area contributed by atoms with Gasteiger partial charge in [0.05, 0.1) is 5.92 Å². The van der Waals surface area contributed by atoms with Crippen LogP contribution in [0.4, 0.5) is 0 Å². The van der Waals surface area contributed by atoms with Crippen LogP contribution in [0.25, 0.3) is 5.57 Å². The van der Waals surface area contributed by atoms with Gasteiger partial charge in [0.15, 0.2) is 0 Å². The molecule has 0 radical (unpaired) electrons. The van der Waals surface area contributed by atoms with E-state index in [1.807, 2.05) is 30.3 Å². The molecule has 0 saturated carbocycles. The monoisotopic (exact) mass is 234 g/mol. The Balaban J connectivity index is 2.42. The van der Waals surface area contributed by atoms with E-state index in [4.69, 9.17) is 16.7 Å². The number of carbonyl (C=O) groups is 1. The Morgan fingerprint density at radius 3 is 2.62 bits per heavy atom. The summed E-state index contributed by atoms with van der Waals surface area (Å²) >= 11 is 5.92. The van der Waals surface area contributed by atoms with Crippen molar-refractivity contribution in [2.24, 2.45) is 5.92 Å². The molecular formula is C13H11ClO2. The van der Waals surface area contributed by atoms with E-state index in [1.165, 1.54) is 0 Å². The fourth-order valence-corrected chi connectivity index (χ4v) is 2.02. The first-order valence-electron chi connectivity index (χ1n) is 5.04. The number of hydrogen-bond acceptors (Lipinski definition) is 1. The van der Waals surface area contributed by atoms with Crippen LogP contribution >= 0.6 is 11.6 Å². The highest BCUT2D eigenvalue weighted by Gasteiger charge is 2.25. The molecule has 0 fully saturated rings.